The molecule has 0 saturated heterocycles. The summed E-state index contributed by atoms with van der Waals surface area (Å²) in [5.74, 6) is 2.21. The van der Waals surface area contributed by atoms with Gasteiger partial charge in [0.1, 0.15) is 17.3 Å². The van der Waals surface area contributed by atoms with Gasteiger partial charge in [0.25, 0.3) is 0 Å². The van der Waals surface area contributed by atoms with Crippen LogP contribution in [0.5, 0.6) is 11.5 Å². The lowest BCUT2D eigenvalue weighted by Gasteiger charge is -2.30. The van der Waals surface area contributed by atoms with Crippen molar-refractivity contribution in [2.75, 3.05) is 0 Å². The average Bonchev–Trinajstić information content (AvgIpc) is 2.86. The number of fused-ring (bicyclic) bond motifs is 1. The molecule has 0 amide bonds. The second-order valence-electron chi connectivity index (χ2n) is 12.0. The molecule has 1 unspecified atom stereocenters. The Bertz CT molecular complexity index is 868. The van der Waals surface area contributed by atoms with E-state index < -0.39 is 0 Å². The van der Waals surface area contributed by atoms with E-state index >= 15 is 0 Å². The van der Waals surface area contributed by atoms with Gasteiger partial charge < -0.3 is 9.47 Å². The number of rotatable bonds is 17. The van der Waals surface area contributed by atoms with E-state index in [-0.39, 0.29) is 36.6 Å². The highest BCUT2D eigenvalue weighted by Gasteiger charge is 2.27. The molecule has 210 valence electrons. The van der Waals surface area contributed by atoms with Gasteiger partial charge in [-0.3, -0.25) is 9.59 Å². The van der Waals surface area contributed by atoms with Gasteiger partial charge in [0.05, 0.1) is 12.5 Å². The average molecular weight is 515 g/mol. The highest BCUT2D eigenvalue weighted by molar-refractivity contribution is 5.85. The number of ether oxygens (including phenoxy) is 2. The molecular formula is C33H54O4. The molecule has 0 spiro atoms. The Hall–Kier alpha value is -1.84. The zero-order valence-electron chi connectivity index (χ0n) is 25.0. The lowest BCUT2D eigenvalue weighted by atomic mass is 9.90. The van der Waals surface area contributed by atoms with E-state index in [1.54, 1.807) is 0 Å². The summed E-state index contributed by atoms with van der Waals surface area (Å²) in [4.78, 5) is 24.4. The number of hydrogen-bond acceptors (Lipinski definition) is 4. The second-order valence-corrected chi connectivity index (χ2v) is 12.0. The van der Waals surface area contributed by atoms with Crippen LogP contribution in [-0.4, -0.2) is 17.9 Å². The molecule has 37 heavy (non-hydrogen) atoms. The fourth-order valence-electron chi connectivity index (χ4n) is 5.34. The lowest BCUT2D eigenvalue weighted by molar-refractivity contribution is -0.136. The van der Waals surface area contributed by atoms with Crippen molar-refractivity contribution in [2.45, 2.75) is 151 Å². The van der Waals surface area contributed by atoms with E-state index in [0.29, 0.717) is 5.75 Å². The van der Waals surface area contributed by atoms with Crippen molar-refractivity contribution >= 4 is 11.8 Å². The van der Waals surface area contributed by atoms with Gasteiger partial charge in [0.2, 0.25) is 0 Å². The summed E-state index contributed by atoms with van der Waals surface area (Å²) in [6, 6.07) is 0. The van der Waals surface area contributed by atoms with Crippen LogP contribution in [0, 0.1) is 32.6 Å². The van der Waals surface area contributed by atoms with E-state index in [4.69, 9.17) is 9.47 Å². The molecule has 1 aromatic carbocycles. The highest BCUT2D eigenvalue weighted by atomic mass is 16.5. The fourth-order valence-corrected chi connectivity index (χ4v) is 5.34. The first-order chi connectivity index (χ1) is 17.6. The molecule has 0 saturated carbocycles. The van der Waals surface area contributed by atoms with Crippen molar-refractivity contribution in [1.29, 1.82) is 0 Å². The molecule has 0 aromatic heterocycles. The minimum absolute atomic E-state index is 0.0541. The quantitative estimate of drug-likeness (QED) is 0.118. The molecule has 0 radical (unpaired) electrons. The highest BCUT2D eigenvalue weighted by Crippen LogP contribution is 2.42. The SMILES string of the molecule is Cc1c(C)c2c(c(C)c1OC(=O)CCC(=O)C(C)C)CCC(CCCCCCCCCCCC(C)C)O2. The third-order valence-electron chi connectivity index (χ3n) is 8.05. The van der Waals surface area contributed by atoms with Crippen LogP contribution in [-0.2, 0) is 16.0 Å². The smallest absolute Gasteiger partial charge is 0.311 e. The summed E-state index contributed by atoms with van der Waals surface area (Å²) in [5.41, 5.74) is 4.21. The Labute approximate surface area is 227 Å². The molecule has 1 aliphatic rings. The largest absolute Gasteiger partial charge is 0.490 e. The summed E-state index contributed by atoms with van der Waals surface area (Å²) >= 11 is 0. The Morgan fingerprint density at radius 3 is 2.00 bits per heavy atom. The molecule has 2 rings (SSSR count). The van der Waals surface area contributed by atoms with Gasteiger partial charge in [-0.25, -0.2) is 0 Å². The lowest BCUT2D eigenvalue weighted by Crippen LogP contribution is -2.25. The first kappa shape index (κ1) is 31.4. The first-order valence-electron chi connectivity index (χ1n) is 15.1. The van der Waals surface area contributed by atoms with Crippen LogP contribution in [0.1, 0.15) is 140 Å². The van der Waals surface area contributed by atoms with Crippen LogP contribution in [0.15, 0.2) is 0 Å². The third-order valence-corrected chi connectivity index (χ3v) is 8.05. The molecule has 0 fully saturated rings. The number of benzene rings is 1. The summed E-state index contributed by atoms with van der Waals surface area (Å²) in [5, 5.41) is 0. The number of Topliss-reactive ketones (excluding diaryl/α,β-unsaturated/α-hetero) is 1. The van der Waals surface area contributed by atoms with Crippen LogP contribution in [0.3, 0.4) is 0 Å². The Morgan fingerprint density at radius 2 is 1.41 bits per heavy atom. The zero-order valence-corrected chi connectivity index (χ0v) is 25.0. The molecule has 4 nitrogen and oxygen atoms in total. The van der Waals surface area contributed by atoms with Gasteiger partial charge in [-0.05, 0) is 69.1 Å². The number of ketones is 1. The molecular weight excluding hydrogens is 460 g/mol. The Kier molecular flexibility index (Phi) is 13.7. The van der Waals surface area contributed by atoms with E-state index in [0.717, 1.165) is 47.6 Å². The monoisotopic (exact) mass is 514 g/mol. The summed E-state index contributed by atoms with van der Waals surface area (Å²) in [7, 11) is 0. The fraction of sp³-hybridized carbons (Fsp3) is 0.758. The van der Waals surface area contributed by atoms with Gasteiger partial charge in [-0.15, -0.1) is 0 Å². The van der Waals surface area contributed by atoms with Crippen LogP contribution >= 0.6 is 0 Å². The number of carbonyl (C=O) groups excluding carboxylic acids is 2. The van der Waals surface area contributed by atoms with Crippen LogP contribution in [0.2, 0.25) is 0 Å². The molecule has 0 aliphatic carbocycles. The van der Waals surface area contributed by atoms with Crippen molar-refractivity contribution in [1.82, 2.24) is 0 Å². The topological polar surface area (TPSA) is 52.6 Å². The van der Waals surface area contributed by atoms with E-state index in [1.807, 2.05) is 27.7 Å². The normalized spacial score (nSPS) is 15.1. The Balaban J connectivity index is 1.76. The number of carbonyl (C=O) groups is 2. The Morgan fingerprint density at radius 1 is 0.811 bits per heavy atom. The number of unbranched alkanes of at least 4 members (excludes halogenated alkanes) is 8. The molecule has 0 N–H and O–H groups in total. The third kappa shape index (κ3) is 10.4. The second kappa shape index (κ2) is 16.2. The summed E-state index contributed by atoms with van der Waals surface area (Å²) < 4.78 is 12.3. The summed E-state index contributed by atoms with van der Waals surface area (Å²) in [6.45, 7) is 14.5. The van der Waals surface area contributed by atoms with Gasteiger partial charge in [0.15, 0.2) is 0 Å². The van der Waals surface area contributed by atoms with E-state index in [9.17, 15) is 9.59 Å². The molecule has 1 atom stereocenters. The predicted molar refractivity (Wildman–Crippen MR) is 154 cm³/mol. The van der Waals surface area contributed by atoms with Crippen molar-refractivity contribution in [3.8, 4) is 11.5 Å². The molecule has 1 heterocycles. The van der Waals surface area contributed by atoms with Gasteiger partial charge in [-0.1, -0.05) is 85.5 Å². The van der Waals surface area contributed by atoms with Crippen LogP contribution < -0.4 is 9.47 Å². The van der Waals surface area contributed by atoms with Crippen molar-refractivity contribution < 1.29 is 19.1 Å². The van der Waals surface area contributed by atoms with Gasteiger partial charge >= 0.3 is 5.97 Å². The predicted octanol–water partition coefficient (Wildman–Crippen LogP) is 9.16. The van der Waals surface area contributed by atoms with Crippen LogP contribution in [0.4, 0.5) is 0 Å². The minimum atomic E-state index is -0.333. The number of hydrogen-bond donors (Lipinski definition) is 0. The molecule has 1 aromatic rings. The van der Waals surface area contributed by atoms with Gasteiger partial charge in [0, 0.05) is 17.9 Å². The van der Waals surface area contributed by atoms with E-state index in [2.05, 4.69) is 20.8 Å². The maximum Gasteiger partial charge on any atom is 0.311 e. The first-order valence-corrected chi connectivity index (χ1v) is 15.1. The molecule has 0 bridgehead atoms. The minimum Gasteiger partial charge on any atom is -0.490 e. The van der Waals surface area contributed by atoms with Crippen molar-refractivity contribution in [3.63, 3.8) is 0 Å². The zero-order chi connectivity index (χ0) is 27.4. The van der Waals surface area contributed by atoms with Crippen LogP contribution in [0.25, 0.3) is 0 Å². The van der Waals surface area contributed by atoms with Gasteiger partial charge in [-0.2, -0.15) is 0 Å². The maximum atomic E-state index is 12.5. The molecule has 1 aliphatic heterocycles. The summed E-state index contributed by atoms with van der Waals surface area (Å²) in [6.07, 6.45) is 17.3. The van der Waals surface area contributed by atoms with Crippen molar-refractivity contribution in [3.05, 3.63) is 22.3 Å². The van der Waals surface area contributed by atoms with E-state index in [1.165, 1.54) is 69.8 Å². The van der Waals surface area contributed by atoms with Crippen molar-refractivity contribution in [2.24, 2.45) is 11.8 Å². The molecule has 4 heteroatoms. The number of esters is 1. The standard InChI is InChI=1S/C33H54O4/c1-23(2)17-15-13-11-9-8-10-12-14-16-18-28-19-20-29-27(7)32(25(5)26(6)33(29)36-28)37-31(35)22-21-30(34)24(3)4/h23-24,28H,8-22H2,1-7H3. The maximum absolute atomic E-state index is 12.5.